The van der Waals surface area contributed by atoms with Crippen LogP contribution in [0.15, 0.2) is 9.98 Å². The van der Waals surface area contributed by atoms with Gasteiger partial charge < -0.3 is 35.0 Å². The van der Waals surface area contributed by atoms with E-state index in [1.165, 1.54) is 35.5 Å². The molecule has 43 heavy (non-hydrogen) atoms. The SMILES string of the molecule is O=C(NCCSCSCC/N=C\[S+]([O-])CSCSCSC(=O)NCCSCSCC/N=C/OOCSCO)OCSCO. The molecule has 0 radical (unpaired) electrons. The zero-order valence-corrected chi connectivity index (χ0v) is 31.7. The largest absolute Gasteiger partial charge is 0.610 e. The van der Waals surface area contributed by atoms with Crippen molar-refractivity contribution in [2.24, 2.45) is 9.98 Å². The highest BCUT2D eigenvalue weighted by atomic mass is 32.3. The van der Waals surface area contributed by atoms with E-state index >= 15 is 0 Å². The molecule has 0 heterocycles. The number of nitrogens with zero attached hydrogens (tertiary/aromatic N) is 2. The van der Waals surface area contributed by atoms with Crippen LogP contribution in [0.5, 0.6) is 0 Å². The summed E-state index contributed by atoms with van der Waals surface area (Å²) in [5.74, 6) is 3.62. The van der Waals surface area contributed by atoms with Gasteiger partial charge in [0.25, 0.3) is 5.24 Å². The highest BCUT2D eigenvalue weighted by molar-refractivity contribution is 8.29. The number of carbonyl (C=O) groups excluding carboxylic acids is 2. The topological polar surface area (TPSA) is 174 Å². The van der Waals surface area contributed by atoms with E-state index in [9.17, 15) is 14.1 Å². The molecule has 1 unspecified atom stereocenters. The molecule has 2 amide bonds. The normalized spacial score (nSPS) is 12.2. The summed E-state index contributed by atoms with van der Waals surface area (Å²) >= 11 is 12.6. The van der Waals surface area contributed by atoms with Crippen molar-refractivity contribution < 1.29 is 38.9 Å². The summed E-state index contributed by atoms with van der Waals surface area (Å²) in [5.41, 5.74) is 1.51. The summed E-state index contributed by atoms with van der Waals surface area (Å²) in [6, 6.07) is 0. The molecule has 0 saturated heterocycles. The van der Waals surface area contributed by atoms with Gasteiger partial charge >= 0.3 is 6.09 Å². The first kappa shape index (κ1) is 44.2. The molecule has 0 aliphatic rings. The Morgan fingerprint density at radius 1 is 0.767 bits per heavy atom. The Morgan fingerprint density at radius 2 is 1.40 bits per heavy atom. The molecule has 22 heteroatoms. The van der Waals surface area contributed by atoms with Gasteiger partial charge in [0.1, 0.15) is 11.9 Å². The Balaban J connectivity index is 3.39. The third-order valence-corrected chi connectivity index (χ3v) is 14.1. The summed E-state index contributed by atoms with van der Waals surface area (Å²) in [6.07, 6.45) is 0.778. The van der Waals surface area contributed by atoms with Gasteiger partial charge in [-0.3, -0.25) is 9.79 Å². The fourth-order valence-corrected chi connectivity index (χ4v) is 10.6. The monoisotopic (exact) mass is 796 g/mol. The minimum atomic E-state index is -1.11. The second-order valence-corrected chi connectivity index (χ2v) is 19.1. The van der Waals surface area contributed by atoms with Crippen LogP contribution in [0.3, 0.4) is 0 Å². The number of aliphatic imine (C=N–C) groups is 2. The molecule has 0 aromatic carbocycles. The maximum absolute atomic E-state index is 12.0. The van der Waals surface area contributed by atoms with Crippen molar-refractivity contribution in [3.63, 3.8) is 0 Å². The number of thioether (sulfide) groups is 9. The lowest BCUT2D eigenvalue weighted by molar-refractivity contribution is -0.196. The van der Waals surface area contributed by atoms with E-state index < -0.39 is 17.3 Å². The van der Waals surface area contributed by atoms with Crippen molar-refractivity contribution >= 4 is 140 Å². The molecule has 12 nitrogen and oxygen atoms in total. The molecule has 252 valence electrons. The van der Waals surface area contributed by atoms with E-state index in [2.05, 4.69) is 20.6 Å². The summed E-state index contributed by atoms with van der Waals surface area (Å²) in [7, 11) is 0. The van der Waals surface area contributed by atoms with Gasteiger partial charge in [-0.05, 0) is 0 Å². The van der Waals surface area contributed by atoms with Crippen molar-refractivity contribution in [1.29, 1.82) is 0 Å². The van der Waals surface area contributed by atoms with Gasteiger partial charge in [-0.2, -0.15) is 4.89 Å². The van der Waals surface area contributed by atoms with E-state index in [0.29, 0.717) is 36.3 Å². The molecule has 4 N–H and O–H groups in total. The number of amides is 2. The first-order valence-corrected chi connectivity index (χ1v) is 24.0. The van der Waals surface area contributed by atoms with Crippen LogP contribution in [-0.4, -0.2) is 136 Å². The van der Waals surface area contributed by atoms with E-state index in [4.69, 9.17) is 24.7 Å². The van der Waals surface area contributed by atoms with E-state index in [1.807, 2.05) is 0 Å². The summed E-state index contributed by atoms with van der Waals surface area (Å²) in [5, 5.41) is 26.4. The molecule has 0 aliphatic heterocycles. The van der Waals surface area contributed by atoms with E-state index in [1.54, 1.807) is 70.6 Å². The summed E-state index contributed by atoms with van der Waals surface area (Å²) < 4.78 is 16.8. The van der Waals surface area contributed by atoms with Crippen molar-refractivity contribution in [3.05, 3.63) is 0 Å². The number of ether oxygens (including phenoxy) is 1. The van der Waals surface area contributed by atoms with Crippen molar-refractivity contribution in [2.75, 3.05) is 98.4 Å². The molecular formula is C21H40N4O8S10. The van der Waals surface area contributed by atoms with Gasteiger partial charge in [0.05, 0.1) is 25.0 Å². The fraction of sp³-hybridized carbons (Fsp3) is 0.810. The lowest BCUT2D eigenvalue weighted by Crippen LogP contribution is -2.26. The molecule has 0 aliphatic carbocycles. The van der Waals surface area contributed by atoms with Crippen LogP contribution in [0, 0.1) is 0 Å². The molecule has 0 aromatic rings. The van der Waals surface area contributed by atoms with E-state index in [-0.39, 0.29) is 29.0 Å². The highest BCUT2D eigenvalue weighted by Crippen LogP contribution is 2.19. The standard InChI is InChI=1S/C21H40N4O8S10/c26-11-38-13-31-20(28)24-3-7-36-16-35-6-2-23-10-43(30)19-41-17-40-18-42-21(29)25-4-8-37-15-34-5-1-22-9-32-33-14-39-12-27/h9-10,26-27H,1-8,11-19H2,(H,24,28)(H,25,29)/b22-9+,23-10-. The number of hydrogen-bond acceptors (Lipinski definition) is 19. The summed E-state index contributed by atoms with van der Waals surface area (Å²) in [4.78, 5) is 40.9. The zero-order chi connectivity index (χ0) is 31.5. The maximum atomic E-state index is 12.0. The van der Waals surface area contributed by atoms with E-state index in [0.717, 1.165) is 50.0 Å². The van der Waals surface area contributed by atoms with Crippen LogP contribution < -0.4 is 10.6 Å². The average molecular weight is 797 g/mol. The van der Waals surface area contributed by atoms with Gasteiger partial charge in [-0.25, -0.2) is 9.79 Å². The van der Waals surface area contributed by atoms with Gasteiger partial charge in [0, 0.05) is 67.6 Å². The molecule has 0 aromatic heterocycles. The third-order valence-electron chi connectivity index (χ3n) is 3.70. The Labute approximate surface area is 295 Å². The van der Waals surface area contributed by atoms with Crippen LogP contribution in [0.4, 0.5) is 9.59 Å². The Hall–Kier alpha value is 1.22. The number of carbonyl (C=O) groups is 2. The van der Waals surface area contributed by atoms with Gasteiger partial charge in [0.2, 0.25) is 11.9 Å². The minimum Gasteiger partial charge on any atom is -0.610 e. The van der Waals surface area contributed by atoms with Crippen LogP contribution in [0.2, 0.25) is 0 Å². The zero-order valence-electron chi connectivity index (χ0n) is 23.5. The molecular weight excluding hydrogens is 757 g/mol. The molecule has 1 atom stereocenters. The first-order chi connectivity index (χ1) is 21.1. The number of hydrogen-bond donors (Lipinski definition) is 4. The molecule has 0 fully saturated rings. The van der Waals surface area contributed by atoms with Gasteiger partial charge in [0.15, 0.2) is 5.08 Å². The Morgan fingerprint density at radius 3 is 2.12 bits per heavy atom. The molecule has 0 saturated carbocycles. The number of alkyl carbamates (subject to hydrolysis) is 1. The number of nitrogens with one attached hydrogen (secondary N) is 2. The number of rotatable bonds is 31. The molecule has 0 spiro atoms. The Kier molecular flexibility index (Phi) is 38.7. The second kappa shape index (κ2) is 37.7. The van der Waals surface area contributed by atoms with Crippen LogP contribution in [-0.2, 0) is 25.7 Å². The van der Waals surface area contributed by atoms with Gasteiger partial charge in [-0.15, -0.1) is 70.6 Å². The smallest absolute Gasteiger partial charge is 0.408 e. The van der Waals surface area contributed by atoms with Crippen molar-refractivity contribution in [2.45, 2.75) is 0 Å². The number of aliphatic hydroxyl groups excluding tert-OH is 2. The summed E-state index contributed by atoms with van der Waals surface area (Å²) in [6.45, 7) is 2.39. The Bertz CT molecular complexity index is 710. The average Bonchev–Trinajstić information content (AvgIpc) is 3.00. The van der Waals surface area contributed by atoms with Crippen LogP contribution >= 0.6 is 106 Å². The van der Waals surface area contributed by atoms with Gasteiger partial charge in [-0.1, -0.05) is 35.3 Å². The maximum Gasteiger partial charge on any atom is 0.408 e. The lowest BCUT2D eigenvalue weighted by atomic mass is 10.7. The fourth-order valence-electron chi connectivity index (χ4n) is 1.96. The van der Waals surface area contributed by atoms with Crippen molar-refractivity contribution in [3.8, 4) is 0 Å². The first-order valence-electron chi connectivity index (χ1n) is 12.4. The molecule has 0 rings (SSSR count). The number of aliphatic hydroxyl groups is 2. The van der Waals surface area contributed by atoms with Crippen LogP contribution in [0.25, 0.3) is 0 Å². The second-order valence-electron chi connectivity index (χ2n) is 6.87. The highest BCUT2D eigenvalue weighted by Gasteiger charge is 2.05. The lowest BCUT2D eigenvalue weighted by Gasteiger charge is -2.06. The molecule has 0 bridgehead atoms. The quantitative estimate of drug-likeness (QED) is 0.0148. The predicted octanol–water partition coefficient (Wildman–Crippen LogP) is 4.38. The minimum absolute atomic E-state index is 0.0139. The third kappa shape index (κ3) is 37.6. The van der Waals surface area contributed by atoms with Crippen LogP contribution in [0.1, 0.15) is 0 Å². The van der Waals surface area contributed by atoms with Crippen molar-refractivity contribution in [1.82, 2.24) is 10.6 Å². The predicted molar refractivity (Wildman–Crippen MR) is 201 cm³/mol.